The molecule has 0 saturated carbocycles. The first-order valence-corrected chi connectivity index (χ1v) is 8.64. The first-order chi connectivity index (χ1) is 14.4. The summed E-state index contributed by atoms with van der Waals surface area (Å²) in [5.41, 5.74) is -0.306. The molecule has 3 aromatic rings. The molecule has 148 valence electrons. The van der Waals surface area contributed by atoms with E-state index >= 15 is 0 Å². The fourth-order valence-corrected chi connectivity index (χ4v) is 3.12. The highest BCUT2D eigenvalue weighted by molar-refractivity contribution is 6.35. The number of hydrogen-bond donors (Lipinski definition) is 1. The third-order valence-corrected chi connectivity index (χ3v) is 4.52. The molecule has 0 fully saturated rings. The van der Waals surface area contributed by atoms with Crippen LogP contribution in [-0.4, -0.2) is 27.8 Å². The predicted molar refractivity (Wildman–Crippen MR) is 104 cm³/mol. The van der Waals surface area contributed by atoms with Gasteiger partial charge < -0.3 is 9.84 Å². The van der Waals surface area contributed by atoms with Crippen LogP contribution >= 0.6 is 0 Å². The number of nitro groups is 1. The van der Waals surface area contributed by atoms with Crippen molar-refractivity contribution in [2.75, 3.05) is 4.90 Å². The number of ether oxygens (including phenoxy) is 1. The topological polar surface area (TPSA) is 127 Å². The summed E-state index contributed by atoms with van der Waals surface area (Å²) >= 11 is 0. The van der Waals surface area contributed by atoms with Crippen LogP contribution in [0.4, 0.5) is 11.4 Å². The Bertz CT molecular complexity index is 1200. The Morgan fingerprint density at radius 1 is 0.900 bits per heavy atom. The average molecular weight is 404 g/mol. The van der Waals surface area contributed by atoms with Gasteiger partial charge in [-0.25, -0.2) is 9.69 Å². The van der Waals surface area contributed by atoms with Gasteiger partial charge in [0.15, 0.2) is 0 Å². The highest BCUT2D eigenvalue weighted by Crippen LogP contribution is 2.34. The summed E-state index contributed by atoms with van der Waals surface area (Å²) in [5.74, 6) is -1.66. The van der Waals surface area contributed by atoms with Crippen molar-refractivity contribution in [3.63, 3.8) is 0 Å². The molecule has 4 rings (SSSR count). The van der Waals surface area contributed by atoms with Crippen LogP contribution < -0.4 is 9.64 Å². The van der Waals surface area contributed by atoms with Crippen LogP contribution in [0.3, 0.4) is 0 Å². The van der Waals surface area contributed by atoms with Gasteiger partial charge in [0.05, 0.1) is 21.7 Å². The van der Waals surface area contributed by atoms with Crippen LogP contribution in [-0.2, 0) is 0 Å². The molecule has 0 atom stereocenters. The lowest BCUT2D eigenvalue weighted by Crippen LogP contribution is -2.29. The summed E-state index contributed by atoms with van der Waals surface area (Å²) in [6.45, 7) is 0. The summed E-state index contributed by atoms with van der Waals surface area (Å²) in [6.07, 6.45) is 0. The maximum Gasteiger partial charge on any atom is 0.335 e. The van der Waals surface area contributed by atoms with Crippen molar-refractivity contribution >= 4 is 29.2 Å². The second kappa shape index (κ2) is 7.13. The van der Waals surface area contributed by atoms with Crippen molar-refractivity contribution in [2.24, 2.45) is 0 Å². The fraction of sp³-hybridized carbons (Fsp3) is 0. The fourth-order valence-electron chi connectivity index (χ4n) is 3.12. The minimum atomic E-state index is -1.05. The van der Waals surface area contributed by atoms with Crippen LogP contribution in [0.15, 0.2) is 66.7 Å². The van der Waals surface area contributed by atoms with E-state index in [-0.39, 0.29) is 22.4 Å². The summed E-state index contributed by atoms with van der Waals surface area (Å²) in [7, 11) is 0. The Morgan fingerprint density at radius 3 is 2.07 bits per heavy atom. The Kier molecular flexibility index (Phi) is 4.47. The molecule has 0 unspecified atom stereocenters. The van der Waals surface area contributed by atoms with Gasteiger partial charge in [-0.05, 0) is 54.6 Å². The molecular formula is C21H12N2O7. The number of carboxylic acids is 1. The Balaban J connectivity index is 1.58. The van der Waals surface area contributed by atoms with E-state index in [4.69, 9.17) is 9.84 Å². The maximum atomic E-state index is 12.7. The Hall–Kier alpha value is -4.53. The molecule has 30 heavy (non-hydrogen) atoms. The van der Waals surface area contributed by atoms with Gasteiger partial charge in [-0.1, -0.05) is 6.07 Å². The van der Waals surface area contributed by atoms with E-state index in [0.717, 1.165) is 4.90 Å². The first kappa shape index (κ1) is 18.8. The molecule has 0 bridgehead atoms. The van der Waals surface area contributed by atoms with Crippen LogP contribution in [0.25, 0.3) is 0 Å². The molecule has 2 amide bonds. The lowest BCUT2D eigenvalue weighted by Gasteiger charge is -2.14. The van der Waals surface area contributed by atoms with E-state index in [1.165, 1.54) is 66.7 Å². The second-order valence-corrected chi connectivity index (χ2v) is 6.33. The molecule has 0 radical (unpaired) electrons. The third-order valence-electron chi connectivity index (χ3n) is 4.52. The van der Waals surface area contributed by atoms with Gasteiger partial charge in [0.1, 0.15) is 17.1 Å². The van der Waals surface area contributed by atoms with Gasteiger partial charge in [-0.3, -0.25) is 19.7 Å². The van der Waals surface area contributed by atoms with Crippen molar-refractivity contribution < 1.29 is 29.2 Å². The number of carbonyl (C=O) groups is 3. The van der Waals surface area contributed by atoms with Crippen molar-refractivity contribution in [3.05, 3.63) is 93.5 Å². The van der Waals surface area contributed by atoms with Gasteiger partial charge in [0, 0.05) is 6.07 Å². The molecule has 0 aromatic heterocycles. The summed E-state index contributed by atoms with van der Waals surface area (Å²) in [6, 6.07) is 15.7. The molecular weight excluding hydrogens is 392 g/mol. The standard InChI is InChI=1S/C21H12N2O7/c24-19-16-2-1-3-17(23(28)29)18(16)20(25)22(19)13-6-10-15(11-7-13)30-14-8-4-12(5-9-14)21(26)27/h1-11H,(H,26,27). The van der Waals surface area contributed by atoms with Crippen molar-refractivity contribution in [1.29, 1.82) is 0 Å². The monoisotopic (exact) mass is 404 g/mol. The third kappa shape index (κ3) is 3.14. The number of fused-ring (bicyclic) bond motifs is 1. The van der Waals surface area contributed by atoms with Gasteiger partial charge in [-0.15, -0.1) is 0 Å². The van der Waals surface area contributed by atoms with E-state index in [9.17, 15) is 24.5 Å². The number of aromatic carboxylic acids is 1. The number of carbonyl (C=O) groups excluding carboxylic acids is 2. The number of nitrogens with zero attached hydrogens (tertiary/aromatic N) is 2. The number of benzene rings is 3. The lowest BCUT2D eigenvalue weighted by atomic mass is 10.1. The maximum absolute atomic E-state index is 12.7. The summed E-state index contributed by atoms with van der Waals surface area (Å²) < 4.78 is 5.63. The normalized spacial score (nSPS) is 12.6. The summed E-state index contributed by atoms with van der Waals surface area (Å²) in [5, 5.41) is 20.1. The highest BCUT2D eigenvalue weighted by atomic mass is 16.6. The number of amides is 2. The summed E-state index contributed by atoms with van der Waals surface area (Å²) in [4.78, 5) is 47.6. The lowest BCUT2D eigenvalue weighted by molar-refractivity contribution is -0.385. The SMILES string of the molecule is O=C(O)c1ccc(Oc2ccc(N3C(=O)c4cccc([N+](=O)[O-])c4C3=O)cc2)cc1. The molecule has 0 saturated heterocycles. The highest BCUT2D eigenvalue weighted by Gasteiger charge is 2.41. The van der Waals surface area contributed by atoms with Crippen molar-refractivity contribution in [1.82, 2.24) is 0 Å². The molecule has 0 spiro atoms. The van der Waals surface area contributed by atoms with E-state index in [0.29, 0.717) is 11.5 Å². The molecule has 1 aliphatic rings. The average Bonchev–Trinajstić information content (AvgIpc) is 2.99. The van der Waals surface area contributed by atoms with Crippen LogP contribution in [0.5, 0.6) is 11.5 Å². The van der Waals surface area contributed by atoms with Gasteiger partial charge in [-0.2, -0.15) is 0 Å². The van der Waals surface area contributed by atoms with E-state index in [2.05, 4.69) is 0 Å². The minimum Gasteiger partial charge on any atom is -0.478 e. The molecule has 1 heterocycles. The van der Waals surface area contributed by atoms with Gasteiger partial charge in [0.25, 0.3) is 17.5 Å². The number of imide groups is 1. The smallest absolute Gasteiger partial charge is 0.335 e. The number of nitro benzene ring substituents is 1. The van der Waals surface area contributed by atoms with Crippen LogP contribution in [0.2, 0.25) is 0 Å². The Labute approximate surface area is 168 Å². The largest absolute Gasteiger partial charge is 0.478 e. The van der Waals surface area contributed by atoms with Crippen LogP contribution in [0.1, 0.15) is 31.1 Å². The van der Waals surface area contributed by atoms with Gasteiger partial charge >= 0.3 is 5.97 Å². The molecule has 3 aromatic carbocycles. The van der Waals surface area contributed by atoms with E-state index < -0.39 is 28.4 Å². The number of anilines is 1. The zero-order chi connectivity index (χ0) is 21.4. The molecule has 1 aliphatic heterocycles. The molecule has 9 heteroatoms. The quantitative estimate of drug-likeness (QED) is 0.388. The zero-order valence-corrected chi connectivity index (χ0v) is 15.1. The first-order valence-electron chi connectivity index (χ1n) is 8.64. The minimum absolute atomic E-state index is 0.0203. The van der Waals surface area contributed by atoms with Crippen molar-refractivity contribution in [2.45, 2.75) is 0 Å². The van der Waals surface area contributed by atoms with Crippen molar-refractivity contribution in [3.8, 4) is 11.5 Å². The predicted octanol–water partition coefficient (Wildman–Crippen LogP) is 3.89. The zero-order valence-electron chi connectivity index (χ0n) is 15.1. The van der Waals surface area contributed by atoms with E-state index in [1.54, 1.807) is 0 Å². The molecule has 0 aliphatic carbocycles. The Morgan fingerprint density at radius 2 is 1.50 bits per heavy atom. The molecule has 9 nitrogen and oxygen atoms in total. The number of rotatable bonds is 5. The van der Waals surface area contributed by atoms with E-state index in [1.807, 2.05) is 0 Å². The number of carboxylic acid groups (broad SMARTS) is 1. The molecule has 1 N–H and O–H groups in total. The number of hydrogen-bond acceptors (Lipinski definition) is 6. The van der Waals surface area contributed by atoms with Gasteiger partial charge in [0.2, 0.25) is 0 Å². The second-order valence-electron chi connectivity index (χ2n) is 6.33. The van der Waals surface area contributed by atoms with Crippen LogP contribution in [0, 0.1) is 10.1 Å².